The van der Waals surface area contributed by atoms with Crippen LogP contribution in [-0.4, -0.2) is 62.3 Å². The fourth-order valence-corrected chi connectivity index (χ4v) is 3.82. The number of pyridine rings is 1. The Hall–Kier alpha value is -3.14. The molecule has 0 saturated carbocycles. The summed E-state index contributed by atoms with van der Waals surface area (Å²) < 4.78 is 5.82. The predicted molar refractivity (Wildman–Crippen MR) is 120 cm³/mol. The molecule has 1 fully saturated rings. The molecule has 0 radical (unpaired) electrons. The topological polar surface area (TPSA) is 112 Å². The molecule has 1 aliphatic heterocycles. The van der Waals surface area contributed by atoms with Crippen molar-refractivity contribution in [1.82, 2.24) is 19.9 Å². The predicted octanol–water partition coefficient (Wildman–Crippen LogP) is 3.93. The summed E-state index contributed by atoms with van der Waals surface area (Å²) in [6.45, 7) is 1.62. The Morgan fingerprint density at radius 2 is 1.66 bits per heavy atom. The fraction of sp³-hybridized carbons (Fsp3) is 0.238. The number of anilines is 1. The van der Waals surface area contributed by atoms with Gasteiger partial charge in [0, 0.05) is 47.9 Å². The lowest BCUT2D eigenvalue weighted by atomic mass is 10.1. The molecule has 2 aromatic heterocycles. The van der Waals surface area contributed by atoms with E-state index in [2.05, 4.69) is 15.0 Å². The molecular weight excluding hydrogens is 457 g/mol. The highest BCUT2D eigenvalue weighted by Gasteiger charge is 2.22. The minimum Gasteiger partial charge on any atom is -0.465 e. The van der Waals surface area contributed by atoms with Crippen LogP contribution in [0.5, 0.6) is 11.6 Å². The minimum atomic E-state index is -0.925. The highest BCUT2D eigenvalue weighted by atomic mass is 35.5. The number of hydrogen-bond acceptors (Lipinski definition) is 7. The summed E-state index contributed by atoms with van der Waals surface area (Å²) in [7, 11) is 0. The van der Waals surface area contributed by atoms with E-state index in [1.54, 1.807) is 30.3 Å². The van der Waals surface area contributed by atoms with Crippen LogP contribution in [-0.2, 0) is 6.61 Å². The van der Waals surface area contributed by atoms with E-state index in [0.29, 0.717) is 64.7 Å². The summed E-state index contributed by atoms with van der Waals surface area (Å²) in [6.07, 6.45) is 2.12. The molecule has 166 valence electrons. The molecule has 3 heterocycles. The first-order valence-electron chi connectivity index (χ1n) is 9.72. The van der Waals surface area contributed by atoms with Crippen LogP contribution in [0.3, 0.4) is 0 Å². The average molecular weight is 476 g/mol. The van der Waals surface area contributed by atoms with Crippen molar-refractivity contribution < 1.29 is 19.7 Å². The van der Waals surface area contributed by atoms with Gasteiger partial charge in [-0.05, 0) is 29.8 Å². The van der Waals surface area contributed by atoms with Crippen LogP contribution in [0.25, 0.3) is 11.3 Å². The number of aliphatic hydroxyl groups is 1. The van der Waals surface area contributed by atoms with Gasteiger partial charge in [-0.25, -0.2) is 19.7 Å². The van der Waals surface area contributed by atoms with Gasteiger partial charge in [0.25, 0.3) is 0 Å². The molecule has 11 heteroatoms. The highest BCUT2D eigenvalue weighted by molar-refractivity contribution is 6.35. The summed E-state index contributed by atoms with van der Waals surface area (Å²) in [4.78, 5) is 27.4. The van der Waals surface area contributed by atoms with E-state index >= 15 is 0 Å². The van der Waals surface area contributed by atoms with Crippen LogP contribution in [0, 0.1) is 0 Å². The molecule has 32 heavy (non-hydrogen) atoms. The first-order valence-corrected chi connectivity index (χ1v) is 10.5. The number of rotatable bonds is 5. The van der Waals surface area contributed by atoms with Gasteiger partial charge < -0.3 is 24.7 Å². The van der Waals surface area contributed by atoms with Gasteiger partial charge in [-0.3, -0.25) is 0 Å². The SMILES string of the molecule is O=C(O)N1CCN(c2ncc(Oc3cc(CO)cc(-c4cc(Cl)cc(Cl)c4)n3)cn2)CC1. The molecule has 0 aliphatic carbocycles. The van der Waals surface area contributed by atoms with Crippen molar-refractivity contribution >= 4 is 35.2 Å². The molecule has 1 aliphatic rings. The Bertz CT molecular complexity index is 1100. The number of hydrogen-bond donors (Lipinski definition) is 2. The molecule has 1 aromatic carbocycles. The lowest BCUT2D eigenvalue weighted by molar-refractivity contribution is 0.142. The molecule has 0 unspecified atom stereocenters. The molecule has 4 rings (SSSR count). The van der Waals surface area contributed by atoms with Crippen LogP contribution >= 0.6 is 23.2 Å². The zero-order chi connectivity index (χ0) is 22.7. The molecule has 1 amide bonds. The van der Waals surface area contributed by atoms with Gasteiger partial charge in [0.2, 0.25) is 11.8 Å². The van der Waals surface area contributed by atoms with E-state index in [-0.39, 0.29) is 12.5 Å². The van der Waals surface area contributed by atoms with E-state index in [1.165, 1.54) is 17.3 Å². The number of benzene rings is 1. The quantitative estimate of drug-likeness (QED) is 0.570. The summed E-state index contributed by atoms with van der Waals surface area (Å²) in [5.74, 6) is 1.12. The molecule has 0 bridgehead atoms. The van der Waals surface area contributed by atoms with Gasteiger partial charge in [0.15, 0.2) is 5.75 Å². The van der Waals surface area contributed by atoms with Gasteiger partial charge in [-0.1, -0.05) is 23.2 Å². The van der Waals surface area contributed by atoms with Gasteiger partial charge in [0.1, 0.15) is 0 Å². The van der Waals surface area contributed by atoms with Crippen LogP contribution in [0.1, 0.15) is 5.56 Å². The van der Waals surface area contributed by atoms with Crippen LogP contribution < -0.4 is 9.64 Å². The molecule has 0 atom stereocenters. The maximum Gasteiger partial charge on any atom is 0.407 e. The van der Waals surface area contributed by atoms with E-state index < -0.39 is 6.09 Å². The number of amides is 1. The maximum absolute atomic E-state index is 11.0. The second kappa shape index (κ2) is 9.56. The number of halogens is 2. The Morgan fingerprint density at radius 3 is 2.25 bits per heavy atom. The standard InChI is InChI=1S/C21H19Cl2N5O4/c22-15-7-14(8-16(23)9-15)18-5-13(12-29)6-19(26-18)32-17-10-24-20(25-11-17)27-1-3-28(4-2-27)21(30)31/h5-11,29H,1-4,12H2,(H,30,31). The van der Waals surface area contributed by atoms with Crippen molar-refractivity contribution in [3.05, 3.63) is 58.3 Å². The van der Waals surface area contributed by atoms with E-state index in [1.807, 2.05) is 4.90 Å². The number of piperazine rings is 1. The Kier molecular flexibility index (Phi) is 6.59. The maximum atomic E-state index is 11.0. The number of carbonyl (C=O) groups is 1. The van der Waals surface area contributed by atoms with E-state index in [9.17, 15) is 9.90 Å². The summed E-state index contributed by atoms with van der Waals surface area (Å²) in [6, 6.07) is 8.42. The van der Waals surface area contributed by atoms with Gasteiger partial charge >= 0.3 is 6.09 Å². The van der Waals surface area contributed by atoms with Gasteiger partial charge in [0.05, 0.1) is 24.7 Å². The Morgan fingerprint density at radius 1 is 1.00 bits per heavy atom. The number of nitrogens with zero attached hydrogens (tertiary/aromatic N) is 5. The number of aliphatic hydroxyl groups excluding tert-OH is 1. The van der Waals surface area contributed by atoms with Crippen molar-refractivity contribution in [1.29, 1.82) is 0 Å². The summed E-state index contributed by atoms with van der Waals surface area (Å²) in [5.41, 5.74) is 1.84. The first kappa shape index (κ1) is 22.1. The number of aromatic nitrogens is 3. The normalized spacial score (nSPS) is 13.8. The summed E-state index contributed by atoms with van der Waals surface area (Å²) >= 11 is 12.2. The third-order valence-corrected chi connectivity index (χ3v) is 5.31. The lowest BCUT2D eigenvalue weighted by Crippen LogP contribution is -2.48. The van der Waals surface area contributed by atoms with Crippen LogP contribution in [0.15, 0.2) is 42.7 Å². The molecule has 3 aromatic rings. The molecule has 2 N–H and O–H groups in total. The largest absolute Gasteiger partial charge is 0.465 e. The van der Waals surface area contributed by atoms with E-state index in [0.717, 1.165) is 0 Å². The smallest absolute Gasteiger partial charge is 0.407 e. The molecular formula is C21H19Cl2N5O4. The first-order chi connectivity index (χ1) is 15.4. The minimum absolute atomic E-state index is 0.196. The highest BCUT2D eigenvalue weighted by Crippen LogP contribution is 2.29. The molecule has 9 nitrogen and oxygen atoms in total. The molecule has 0 spiro atoms. The number of ether oxygens (including phenoxy) is 1. The van der Waals surface area contributed by atoms with Crippen LogP contribution in [0.4, 0.5) is 10.7 Å². The Labute approximate surface area is 193 Å². The lowest BCUT2D eigenvalue weighted by Gasteiger charge is -2.32. The fourth-order valence-electron chi connectivity index (χ4n) is 3.30. The van der Waals surface area contributed by atoms with E-state index in [4.69, 9.17) is 33.0 Å². The number of carboxylic acid groups (broad SMARTS) is 1. The second-order valence-electron chi connectivity index (χ2n) is 7.09. The van der Waals surface area contributed by atoms with Crippen molar-refractivity contribution in [3.63, 3.8) is 0 Å². The molecule has 1 saturated heterocycles. The van der Waals surface area contributed by atoms with Crippen LogP contribution in [0.2, 0.25) is 10.0 Å². The zero-order valence-corrected chi connectivity index (χ0v) is 18.3. The van der Waals surface area contributed by atoms with Crippen molar-refractivity contribution in [2.45, 2.75) is 6.61 Å². The Balaban J connectivity index is 1.51. The van der Waals surface area contributed by atoms with Crippen molar-refractivity contribution in [2.75, 3.05) is 31.1 Å². The van der Waals surface area contributed by atoms with Crippen molar-refractivity contribution in [2.24, 2.45) is 0 Å². The third-order valence-electron chi connectivity index (χ3n) is 4.87. The average Bonchev–Trinajstić information content (AvgIpc) is 2.79. The monoisotopic (exact) mass is 475 g/mol. The van der Waals surface area contributed by atoms with Gasteiger partial charge in [-0.2, -0.15) is 0 Å². The third kappa shape index (κ3) is 5.18. The second-order valence-corrected chi connectivity index (χ2v) is 7.97. The zero-order valence-electron chi connectivity index (χ0n) is 16.8. The summed E-state index contributed by atoms with van der Waals surface area (Å²) in [5, 5.41) is 19.6. The van der Waals surface area contributed by atoms with Crippen molar-refractivity contribution in [3.8, 4) is 22.9 Å². The van der Waals surface area contributed by atoms with Gasteiger partial charge in [-0.15, -0.1) is 0 Å².